The molecule has 0 amide bonds. The van der Waals surface area contributed by atoms with Crippen molar-refractivity contribution < 1.29 is 9.52 Å². The number of aromatic amines is 1. The number of aromatic hydroxyl groups is 1. The van der Waals surface area contributed by atoms with E-state index in [9.17, 15) is 14.7 Å². The second-order valence-corrected chi connectivity index (χ2v) is 8.12. The highest BCUT2D eigenvalue weighted by atomic mass is 16.4. The van der Waals surface area contributed by atoms with Gasteiger partial charge in [0.2, 0.25) is 0 Å². The number of nitrogens with zero attached hydrogens (tertiary/aromatic N) is 1. The third-order valence-corrected chi connectivity index (χ3v) is 5.94. The van der Waals surface area contributed by atoms with Crippen LogP contribution in [-0.2, 0) is 0 Å². The smallest absolute Gasteiger partial charge is 0.344 e. The Morgan fingerprint density at radius 1 is 0.848 bits per heavy atom. The lowest BCUT2D eigenvalue weighted by atomic mass is 9.84. The van der Waals surface area contributed by atoms with Gasteiger partial charge in [0, 0.05) is 5.69 Å². The molecule has 5 aromatic rings. The molecule has 0 saturated carbocycles. The van der Waals surface area contributed by atoms with Crippen LogP contribution in [-0.4, -0.2) is 14.9 Å². The van der Waals surface area contributed by atoms with Crippen molar-refractivity contribution in [1.29, 1.82) is 0 Å². The molecule has 2 heterocycles. The molecule has 0 aliphatic heterocycles. The molecule has 0 unspecified atom stereocenters. The monoisotopic (exact) mass is 438 g/mol. The molecule has 3 aromatic carbocycles. The van der Waals surface area contributed by atoms with Crippen LogP contribution in [0.25, 0.3) is 16.7 Å². The number of hydrogen-bond acceptors (Lipinski definition) is 4. The van der Waals surface area contributed by atoms with Crippen LogP contribution in [0.2, 0.25) is 0 Å². The van der Waals surface area contributed by atoms with Crippen molar-refractivity contribution in [3.8, 4) is 11.4 Å². The molecule has 0 bridgehead atoms. The molecule has 0 spiro atoms. The first-order valence-corrected chi connectivity index (χ1v) is 10.6. The summed E-state index contributed by atoms with van der Waals surface area (Å²) in [6, 6.07) is 23.6. The molecule has 1 atom stereocenters. The van der Waals surface area contributed by atoms with Crippen molar-refractivity contribution in [2.24, 2.45) is 0 Å². The maximum absolute atomic E-state index is 13.6. The van der Waals surface area contributed by atoms with E-state index in [1.807, 2.05) is 61.5 Å². The summed E-state index contributed by atoms with van der Waals surface area (Å²) in [6.07, 6.45) is 0. The van der Waals surface area contributed by atoms with Crippen molar-refractivity contribution in [1.82, 2.24) is 9.78 Å². The van der Waals surface area contributed by atoms with Crippen molar-refractivity contribution in [2.75, 3.05) is 0 Å². The predicted octanol–water partition coefficient (Wildman–Crippen LogP) is 4.77. The summed E-state index contributed by atoms with van der Waals surface area (Å²) >= 11 is 0. The molecule has 33 heavy (non-hydrogen) atoms. The van der Waals surface area contributed by atoms with Gasteiger partial charge < -0.3 is 9.52 Å². The normalized spacial score (nSPS) is 12.2. The van der Waals surface area contributed by atoms with Crippen LogP contribution in [0.15, 0.2) is 92.9 Å². The second kappa shape index (κ2) is 7.98. The average molecular weight is 438 g/mol. The Morgan fingerprint density at radius 2 is 1.52 bits per heavy atom. The fourth-order valence-electron chi connectivity index (χ4n) is 4.30. The lowest BCUT2D eigenvalue weighted by Gasteiger charge is -2.18. The van der Waals surface area contributed by atoms with Gasteiger partial charge >= 0.3 is 5.63 Å². The highest BCUT2D eigenvalue weighted by Crippen LogP contribution is 2.38. The van der Waals surface area contributed by atoms with Crippen LogP contribution in [0.1, 0.15) is 33.9 Å². The van der Waals surface area contributed by atoms with Gasteiger partial charge in [-0.1, -0.05) is 60.2 Å². The topological polar surface area (TPSA) is 88.2 Å². The number of benzene rings is 3. The van der Waals surface area contributed by atoms with E-state index in [0.717, 1.165) is 5.56 Å². The molecule has 0 aliphatic carbocycles. The SMILES string of the molecule is Cc1ccc([C@H](c2c(O)c3ccccc3oc2=O)c2c(C)[nH]n(-c3ccccc3)c2=O)cc1. The van der Waals surface area contributed by atoms with Gasteiger partial charge in [0.1, 0.15) is 11.3 Å². The standard InChI is InChI=1S/C27H22N2O4/c1-16-12-14-18(15-13-16)23(24-25(30)20-10-6-7-11-21(20)33-27(24)32)22-17(2)28-29(26(22)31)19-8-4-3-5-9-19/h3-15,23,28,30H,1-2H3/t23-/m0/s1. The molecule has 0 saturated heterocycles. The minimum atomic E-state index is -0.819. The maximum Gasteiger partial charge on any atom is 0.344 e. The highest BCUT2D eigenvalue weighted by Gasteiger charge is 2.31. The number of aryl methyl sites for hydroxylation is 2. The van der Waals surface area contributed by atoms with Crippen LogP contribution in [0.3, 0.4) is 0 Å². The number of nitrogens with one attached hydrogen (secondary N) is 1. The number of para-hydroxylation sites is 2. The Labute approximate surface area is 189 Å². The number of rotatable bonds is 4. The lowest BCUT2D eigenvalue weighted by molar-refractivity contribution is 0.455. The zero-order valence-electron chi connectivity index (χ0n) is 18.2. The Balaban J connectivity index is 1.83. The van der Waals surface area contributed by atoms with Gasteiger partial charge in [-0.3, -0.25) is 9.89 Å². The van der Waals surface area contributed by atoms with E-state index in [1.54, 1.807) is 31.2 Å². The van der Waals surface area contributed by atoms with E-state index < -0.39 is 11.5 Å². The molecule has 164 valence electrons. The van der Waals surface area contributed by atoms with Crippen LogP contribution in [0.5, 0.6) is 5.75 Å². The lowest BCUT2D eigenvalue weighted by Crippen LogP contribution is -2.23. The van der Waals surface area contributed by atoms with Gasteiger partial charge in [0.15, 0.2) is 0 Å². The molecule has 6 heteroatoms. The van der Waals surface area contributed by atoms with Crippen molar-refractivity contribution in [3.63, 3.8) is 0 Å². The number of H-pyrrole nitrogens is 1. The molecule has 2 N–H and O–H groups in total. The molecule has 6 nitrogen and oxygen atoms in total. The van der Waals surface area contributed by atoms with E-state index in [1.165, 1.54) is 4.68 Å². The van der Waals surface area contributed by atoms with Crippen molar-refractivity contribution >= 4 is 11.0 Å². The molecule has 5 rings (SSSR count). The van der Waals surface area contributed by atoms with Crippen molar-refractivity contribution in [3.05, 3.63) is 128 Å². The highest BCUT2D eigenvalue weighted by molar-refractivity contribution is 5.84. The van der Waals surface area contributed by atoms with E-state index >= 15 is 0 Å². The molecular weight excluding hydrogens is 416 g/mol. The van der Waals surface area contributed by atoms with E-state index in [4.69, 9.17) is 4.42 Å². The fraction of sp³-hybridized carbons (Fsp3) is 0.111. The van der Waals surface area contributed by atoms with E-state index in [0.29, 0.717) is 33.5 Å². The van der Waals surface area contributed by atoms with E-state index in [-0.39, 0.29) is 16.9 Å². The summed E-state index contributed by atoms with van der Waals surface area (Å²) in [5, 5.41) is 14.7. The third-order valence-electron chi connectivity index (χ3n) is 5.94. The third kappa shape index (κ3) is 3.46. The predicted molar refractivity (Wildman–Crippen MR) is 127 cm³/mol. The summed E-state index contributed by atoms with van der Waals surface area (Å²) < 4.78 is 7.01. The average Bonchev–Trinajstić information content (AvgIpc) is 3.11. The van der Waals surface area contributed by atoms with Gasteiger partial charge in [-0.2, -0.15) is 0 Å². The van der Waals surface area contributed by atoms with Gasteiger partial charge in [-0.05, 0) is 43.7 Å². The molecule has 0 fully saturated rings. The summed E-state index contributed by atoms with van der Waals surface area (Å²) in [7, 11) is 0. The maximum atomic E-state index is 13.6. The van der Waals surface area contributed by atoms with Gasteiger partial charge in [-0.25, -0.2) is 9.48 Å². The Bertz CT molecular complexity index is 1580. The van der Waals surface area contributed by atoms with Crippen LogP contribution in [0, 0.1) is 13.8 Å². The van der Waals surface area contributed by atoms with E-state index in [2.05, 4.69) is 5.10 Å². The number of aromatic nitrogens is 2. The summed E-state index contributed by atoms with van der Waals surface area (Å²) in [4.78, 5) is 26.8. The second-order valence-electron chi connectivity index (χ2n) is 8.12. The molecular formula is C27H22N2O4. The summed E-state index contributed by atoms with van der Waals surface area (Å²) in [6.45, 7) is 3.75. The van der Waals surface area contributed by atoms with Crippen LogP contribution >= 0.6 is 0 Å². The van der Waals surface area contributed by atoms with Gasteiger partial charge in [0.25, 0.3) is 5.56 Å². The molecule has 0 aliphatic rings. The quantitative estimate of drug-likeness (QED) is 0.396. The molecule has 0 radical (unpaired) electrons. The largest absolute Gasteiger partial charge is 0.507 e. The Hall–Kier alpha value is -4.32. The van der Waals surface area contributed by atoms with Gasteiger partial charge in [-0.15, -0.1) is 0 Å². The Kier molecular flexibility index (Phi) is 4.98. The zero-order chi connectivity index (χ0) is 23.1. The van der Waals surface area contributed by atoms with Crippen LogP contribution in [0.4, 0.5) is 0 Å². The van der Waals surface area contributed by atoms with Crippen LogP contribution < -0.4 is 11.2 Å². The summed E-state index contributed by atoms with van der Waals surface area (Å²) in [5.41, 5.74) is 2.75. The number of fused-ring (bicyclic) bond motifs is 1. The Morgan fingerprint density at radius 3 is 2.24 bits per heavy atom. The van der Waals surface area contributed by atoms with Crippen molar-refractivity contribution in [2.45, 2.75) is 19.8 Å². The zero-order valence-corrected chi connectivity index (χ0v) is 18.2. The molecule has 2 aromatic heterocycles. The fourth-order valence-corrected chi connectivity index (χ4v) is 4.30. The number of hydrogen-bond donors (Lipinski definition) is 2. The summed E-state index contributed by atoms with van der Waals surface area (Å²) in [5.74, 6) is -1.00. The van der Waals surface area contributed by atoms with Gasteiger partial charge in [0.05, 0.1) is 28.1 Å². The first kappa shape index (κ1) is 20.6. The first-order chi connectivity index (χ1) is 16.0. The first-order valence-electron chi connectivity index (χ1n) is 10.6. The minimum absolute atomic E-state index is 0.0389. The minimum Gasteiger partial charge on any atom is -0.507 e.